The molecule has 9 heteroatoms. The first-order chi connectivity index (χ1) is 14.3. The number of ether oxygens (including phenoxy) is 1. The normalized spacial score (nSPS) is 10.9. The molecule has 0 aliphatic heterocycles. The van der Waals surface area contributed by atoms with Crippen LogP contribution >= 0.6 is 0 Å². The van der Waals surface area contributed by atoms with Gasteiger partial charge in [0.05, 0.1) is 4.90 Å². The molecule has 30 heavy (non-hydrogen) atoms. The van der Waals surface area contributed by atoms with E-state index in [0.717, 1.165) is 11.3 Å². The van der Waals surface area contributed by atoms with Gasteiger partial charge in [-0.1, -0.05) is 12.0 Å². The van der Waals surface area contributed by atoms with E-state index in [1.54, 1.807) is 37.4 Å². The second-order valence-corrected chi connectivity index (χ2v) is 8.05. The van der Waals surface area contributed by atoms with E-state index < -0.39 is 10.0 Å². The third-order valence-electron chi connectivity index (χ3n) is 4.16. The van der Waals surface area contributed by atoms with Gasteiger partial charge in [-0.15, -0.1) is 6.42 Å². The molecule has 8 nitrogen and oxygen atoms in total. The summed E-state index contributed by atoms with van der Waals surface area (Å²) in [6.45, 7) is 3.76. The molecule has 0 saturated heterocycles. The van der Waals surface area contributed by atoms with E-state index in [9.17, 15) is 8.42 Å². The Kier molecular flexibility index (Phi) is 6.20. The van der Waals surface area contributed by atoms with E-state index in [1.165, 1.54) is 6.07 Å². The number of nitrogens with zero attached hydrogens (tertiary/aromatic N) is 2. The van der Waals surface area contributed by atoms with Crippen LogP contribution in [0.4, 0.5) is 23.1 Å². The maximum atomic E-state index is 11.7. The minimum Gasteiger partial charge on any atom is -0.481 e. The Morgan fingerprint density at radius 3 is 2.43 bits per heavy atom. The summed E-state index contributed by atoms with van der Waals surface area (Å²) in [5.74, 6) is 4.00. The number of sulfonamides is 1. The molecule has 0 atom stereocenters. The highest BCUT2D eigenvalue weighted by molar-refractivity contribution is 7.89. The minimum atomic E-state index is -3.83. The van der Waals surface area contributed by atoms with E-state index in [-0.39, 0.29) is 11.5 Å². The van der Waals surface area contributed by atoms with Gasteiger partial charge >= 0.3 is 0 Å². The van der Waals surface area contributed by atoms with Crippen LogP contribution in [0.3, 0.4) is 0 Å². The molecule has 1 aromatic heterocycles. The zero-order valence-corrected chi connectivity index (χ0v) is 17.3. The molecule has 0 aliphatic rings. The van der Waals surface area contributed by atoms with E-state index in [2.05, 4.69) is 26.5 Å². The van der Waals surface area contributed by atoms with Crippen LogP contribution < -0.4 is 20.5 Å². The van der Waals surface area contributed by atoms with Crippen LogP contribution in [0.15, 0.2) is 53.6 Å². The average molecular weight is 423 g/mol. The molecule has 0 radical (unpaired) electrons. The molecule has 0 spiro atoms. The maximum Gasteiger partial charge on any atom is 0.238 e. The van der Waals surface area contributed by atoms with Crippen molar-refractivity contribution in [3.05, 3.63) is 59.8 Å². The Balaban J connectivity index is 1.80. The van der Waals surface area contributed by atoms with Crippen molar-refractivity contribution in [2.75, 3.05) is 17.2 Å². The van der Waals surface area contributed by atoms with Crippen molar-refractivity contribution in [1.82, 2.24) is 9.97 Å². The first-order valence-corrected chi connectivity index (χ1v) is 10.5. The predicted molar refractivity (Wildman–Crippen MR) is 117 cm³/mol. The summed E-state index contributed by atoms with van der Waals surface area (Å²) in [5, 5.41) is 11.5. The lowest BCUT2D eigenvalue weighted by molar-refractivity contribution is 0.370. The van der Waals surface area contributed by atoms with Gasteiger partial charge in [-0.2, -0.15) is 4.98 Å². The molecule has 0 fully saturated rings. The second kappa shape index (κ2) is 8.82. The number of aromatic nitrogens is 2. The van der Waals surface area contributed by atoms with Gasteiger partial charge in [0.1, 0.15) is 18.2 Å². The van der Waals surface area contributed by atoms with Crippen LogP contribution in [0.1, 0.15) is 11.1 Å². The number of rotatable bonds is 7. The SMILES string of the molecule is C#CCOc1ccc(Nc2nc(Nc3ccc(C)c(S(N)(=O)=O)c3)ncc2C)cc1. The lowest BCUT2D eigenvalue weighted by Gasteiger charge is -2.12. The second-order valence-electron chi connectivity index (χ2n) is 6.52. The third-order valence-corrected chi connectivity index (χ3v) is 5.21. The summed E-state index contributed by atoms with van der Waals surface area (Å²) in [6.07, 6.45) is 6.85. The lowest BCUT2D eigenvalue weighted by Crippen LogP contribution is -2.14. The van der Waals surface area contributed by atoms with Crippen molar-refractivity contribution in [1.29, 1.82) is 0 Å². The first kappa shape index (κ1) is 21.1. The van der Waals surface area contributed by atoms with Gasteiger partial charge in [-0.05, 0) is 55.8 Å². The number of primary sulfonamides is 1. The van der Waals surface area contributed by atoms with Crippen molar-refractivity contribution in [3.8, 4) is 18.1 Å². The molecule has 0 bridgehead atoms. The first-order valence-electron chi connectivity index (χ1n) is 8.94. The van der Waals surface area contributed by atoms with Gasteiger partial charge in [0.15, 0.2) is 0 Å². The van der Waals surface area contributed by atoms with Gasteiger partial charge in [0.2, 0.25) is 16.0 Å². The summed E-state index contributed by atoms with van der Waals surface area (Å²) in [7, 11) is -3.83. The zero-order chi connectivity index (χ0) is 21.7. The Hall–Kier alpha value is -3.61. The van der Waals surface area contributed by atoms with E-state index in [1.807, 2.05) is 19.1 Å². The van der Waals surface area contributed by atoms with Crippen LogP contribution in [0, 0.1) is 26.2 Å². The van der Waals surface area contributed by atoms with Gasteiger partial charge in [0, 0.05) is 23.1 Å². The van der Waals surface area contributed by atoms with E-state index in [4.69, 9.17) is 16.3 Å². The van der Waals surface area contributed by atoms with Crippen molar-refractivity contribution in [2.24, 2.45) is 5.14 Å². The molecular formula is C21H21N5O3S. The molecule has 1 heterocycles. The van der Waals surface area contributed by atoms with Crippen LogP contribution in [0.5, 0.6) is 5.75 Å². The highest BCUT2D eigenvalue weighted by Gasteiger charge is 2.13. The summed E-state index contributed by atoms with van der Waals surface area (Å²) < 4.78 is 28.8. The number of hydrogen-bond acceptors (Lipinski definition) is 7. The fourth-order valence-electron chi connectivity index (χ4n) is 2.64. The van der Waals surface area contributed by atoms with Crippen LogP contribution in [-0.2, 0) is 10.0 Å². The average Bonchev–Trinajstić information content (AvgIpc) is 2.70. The number of aryl methyl sites for hydroxylation is 2. The fourth-order valence-corrected chi connectivity index (χ4v) is 3.45. The number of terminal acetylenes is 1. The molecular weight excluding hydrogens is 402 g/mol. The molecule has 3 rings (SSSR count). The molecule has 154 valence electrons. The van der Waals surface area contributed by atoms with Gasteiger partial charge in [-0.3, -0.25) is 0 Å². The summed E-state index contributed by atoms with van der Waals surface area (Å²) >= 11 is 0. The topological polar surface area (TPSA) is 119 Å². The highest BCUT2D eigenvalue weighted by atomic mass is 32.2. The van der Waals surface area contributed by atoms with Crippen molar-refractivity contribution < 1.29 is 13.2 Å². The van der Waals surface area contributed by atoms with Crippen molar-refractivity contribution in [2.45, 2.75) is 18.7 Å². The smallest absolute Gasteiger partial charge is 0.238 e. The van der Waals surface area contributed by atoms with Crippen LogP contribution in [-0.4, -0.2) is 25.0 Å². The molecule has 0 saturated carbocycles. The summed E-state index contributed by atoms with van der Waals surface area (Å²) in [4.78, 5) is 8.78. The summed E-state index contributed by atoms with van der Waals surface area (Å²) in [6, 6.07) is 12.1. The van der Waals surface area contributed by atoms with E-state index >= 15 is 0 Å². The number of nitrogens with one attached hydrogen (secondary N) is 2. The summed E-state index contributed by atoms with van der Waals surface area (Å²) in [5.41, 5.74) is 2.71. The standard InChI is InChI=1S/C21H21N5O3S/c1-4-11-29-18-9-7-16(8-10-18)24-20-15(3)13-23-21(26-20)25-17-6-5-14(2)19(12-17)30(22,27)28/h1,5-10,12-13H,11H2,2-3H3,(H2,22,27,28)(H2,23,24,25,26). The zero-order valence-electron chi connectivity index (χ0n) is 16.5. The fraction of sp³-hybridized carbons (Fsp3) is 0.143. The van der Waals surface area contributed by atoms with Crippen molar-refractivity contribution >= 4 is 33.2 Å². The van der Waals surface area contributed by atoms with Gasteiger partial charge in [0.25, 0.3) is 0 Å². The Morgan fingerprint density at radius 1 is 1.07 bits per heavy atom. The van der Waals surface area contributed by atoms with Crippen molar-refractivity contribution in [3.63, 3.8) is 0 Å². The van der Waals surface area contributed by atoms with E-state index in [0.29, 0.717) is 28.8 Å². The molecule has 0 unspecified atom stereocenters. The number of hydrogen-bond donors (Lipinski definition) is 3. The highest BCUT2D eigenvalue weighted by Crippen LogP contribution is 2.24. The number of anilines is 4. The number of benzene rings is 2. The molecule has 4 N–H and O–H groups in total. The largest absolute Gasteiger partial charge is 0.481 e. The quantitative estimate of drug-likeness (QED) is 0.499. The molecule has 0 amide bonds. The maximum absolute atomic E-state index is 11.7. The predicted octanol–water partition coefficient (Wildman–Crippen LogP) is 3.24. The van der Waals surface area contributed by atoms with Gasteiger partial charge < -0.3 is 15.4 Å². The third kappa shape index (κ3) is 5.26. The number of nitrogens with two attached hydrogens (primary N) is 1. The Bertz CT molecular complexity index is 1200. The Labute approximate surface area is 175 Å². The lowest BCUT2D eigenvalue weighted by atomic mass is 10.2. The molecule has 2 aromatic carbocycles. The molecule has 3 aromatic rings. The van der Waals surface area contributed by atoms with Crippen LogP contribution in [0.25, 0.3) is 0 Å². The minimum absolute atomic E-state index is 0.0464. The molecule has 0 aliphatic carbocycles. The van der Waals surface area contributed by atoms with Crippen LogP contribution in [0.2, 0.25) is 0 Å². The monoisotopic (exact) mass is 423 g/mol. The van der Waals surface area contributed by atoms with Gasteiger partial charge in [-0.25, -0.2) is 18.5 Å². The Morgan fingerprint density at radius 2 is 1.77 bits per heavy atom.